The monoisotopic (exact) mass is 267 g/mol. The van der Waals surface area contributed by atoms with Crippen molar-refractivity contribution in [2.45, 2.75) is 50.2 Å². The third-order valence-corrected chi connectivity index (χ3v) is 3.28. The third-order valence-electron chi connectivity index (χ3n) is 3.28. The molecule has 0 aromatic heterocycles. The number of halogens is 3. The number of nitrogens with two attached hydrogens (primary N) is 1. The average molecular weight is 267 g/mol. The van der Waals surface area contributed by atoms with Crippen LogP contribution in [0, 0.1) is 0 Å². The highest BCUT2D eigenvalue weighted by Gasteiger charge is 2.33. The fraction of sp³-hybridized carbons (Fsp3) is 0.909. The highest BCUT2D eigenvalue weighted by Crippen LogP contribution is 2.26. The maximum absolute atomic E-state index is 12.0. The Morgan fingerprint density at radius 3 is 2.17 bits per heavy atom. The van der Waals surface area contributed by atoms with E-state index in [4.69, 9.17) is 5.73 Å². The summed E-state index contributed by atoms with van der Waals surface area (Å²) in [4.78, 5) is 11.5. The van der Waals surface area contributed by atoms with Crippen LogP contribution in [0.5, 0.6) is 0 Å². The van der Waals surface area contributed by atoms with Crippen molar-refractivity contribution in [1.82, 2.24) is 10.6 Å². The summed E-state index contributed by atoms with van der Waals surface area (Å²) >= 11 is 0. The first kappa shape index (κ1) is 15.1. The zero-order valence-corrected chi connectivity index (χ0v) is 10.3. The second-order valence-corrected chi connectivity index (χ2v) is 4.82. The molecular formula is C11H20F3N3O. The van der Waals surface area contributed by atoms with E-state index >= 15 is 0 Å². The molecule has 1 fully saturated rings. The number of carbonyl (C=O) groups is 1. The summed E-state index contributed by atoms with van der Waals surface area (Å²) in [6, 6.07) is -0.792. The SMILES string of the molecule is NCC1(NC(=O)NCC(F)(F)F)CCCCCC1. The van der Waals surface area contributed by atoms with Crippen molar-refractivity contribution in [2.24, 2.45) is 5.73 Å². The molecule has 0 spiro atoms. The Labute approximate surface area is 104 Å². The van der Waals surface area contributed by atoms with Crippen molar-refractivity contribution < 1.29 is 18.0 Å². The summed E-state index contributed by atoms with van der Waals surface area (Å²) in [6.07, 6.45) is 1.09. The molecule has 1 aliphatic rings. The van der Waals surface area contributed by atoms with Gasteiger partial charge in [-0.1, -0.05) is 25.7 Å². The van der Waals surface area contributed by atoms with Crippen molar-refractivity contribution in [3.63, 3.8) is 0 Å². The quantitative estimate of drug-likeness (QED) is 0.684. The summed E-state index contributed by atoms with van der Waals surface area (Å²) in [5, 5.41) is 4.44. The fourth-order valence-electron chi connectivity index (χ4n) is 2.25. The van der Waals surface area contributed by atoms with Crippen molar-refractivity contribution >= 4 is 6.03 Å². The number of urea groups is 1. The van der Waals surface area contributed by atoms with Gasteiger partial charge in [0.15, 0.2) is 0 Å². The molecule has 4 N–H and O–H groups in total. The average Bonchev–Trinajstić information content (AvgIpc) is 2.52. The van der Waals surface area contributed by atoms with Gasteiger partial charge in [0.05, 0.1) is 5.54 Å². The molecule has 0 radical (unpaired) electrons. The highest BCUT2D eigenvalue weighted by atomic mass is 19.4. The van der Waals surface area contributed by atoms with Crippen LogP contribution >= 0.6 is 0 Å². The van der Waals surface area contributed by atoms with Crippen LogP contribution in [-0.4, -0.2) is 30.8 Å². The minimum atomic E-state index is -4.39. The van der Waals surface area contributed by atoms with Crippen LogP contribution in [0.4, 0.5) is 18.0 Å². The normalized spacial score (nSPS) is 20.0. The van der Waals surface area contributed by atoms with Crippen LogP contribution in [0.25, 0.3) is 0 Å². The van der Waals surface area contributed by atoms with Crippen LogP contribution in [0.1, 0.15) is 38.5 Å². The lowest BCUT2D eigenvalue weighted by Crippen LogP contribution is -2.57. The van der Waals surface area contributed by atoms with Gasteiger partial charge in [-0.25, -0.2) is 4.79 Å². The van der Waals surface area contributed by atoms with E-state index in [1.165, 1.54) is 0 Å². The number of amides is 2. The topological polar surface area (TPSA) is 67.1 Å². The molecule has 4 nitrogen and oxygen atoms in total. The molecule has 2 amide bonds. The number of carbonyl (C=O) groups excluding carboxylic acids is 1. The lowest BCUT2D eigenvalue weighted by atomic mass is 9.90. The molecule has 0 saturated heterocycles. The smallest absolute Gasteiger partial charge is 0.331 e. The molecule has 0 heterocycles. The number of hydrogen-bond donors (Lipinski definition) is 3. The molecule has 0 aliphatic heterocycles. The molecule has 18 heavy (non-hydrogen) atoms. The van der Waals surface area contributed by atoms with Gasteiger partial charge in [-0.05, 0) is 12.8 Å². The lowest BCUT2D eigenvalue weighted by Gasteiger charge is -2.32. The second kappa shape index (κ2) is 6.26. The maximum Gasteiger partial charge on any atom is 0.405 e. The van der Waals surface area contributed by atoms with E-state index in [-0.39, 0.29) is 6.54 Å². The molecule has 0 bridgehead atoms. The Kier molecular flexibility index (Phi) is 5.25. The molecular weight excluding hydrogens is 247 g/mol. The van der Waals surface area contributed by atoms with Crippen LogP contribution in [0.15, 0.2) is 0 Å². The summed E-state index contributed by atoms with van der Waals surface area (Å²) in [5.41, 5.74) is 5.12. The molecule has 0 unspecified atom stereocenters. The second-order valence-electron chi connectivity index (χ2n) is 4.82. The van der Waals surface area contributed by atoms with E-state index in [1.807, 2.05) is 5.32 Å². The zero-order valence-electron chi connectivity index (χ0n) is 10.3. The van der Waals surface area contributed by atoms with Gasteiger partial charge >= 0.3 is 12.2 Å². The number of nitrogens with one attached hydrogen (secondary N) is 2. The Bertz CT molecular complexity index is 273. The van der Waals surface area contributed by atoms with Crippen LogP contribution in [0.2, 0.25) is 0 Å². The van der Waals surface area contributed by atoms with Gasteiger partial charge in [-0.2, -0.15) is 13.2 Å². The predicted molar refractivity (Wildman–Crippen MR) is 62.1 cm³/mol. The Morgan fingerprint density at radius 1 is 1.17 bits per heavy atom. The minimum Gasteiger partial charge on any atom is -0.331 e. The fourth-order valence-corrected chi connectivity index (χ4v) is 2.25. The van der Waals surface area contributed by atoms with Crippen molar-refractivity contribution in [3.8, 4) is 0 Å². The molecule has 1 rings (SSSR count). The first-order chi connectivity index (χ1) is 8.37. The highest BCUT2D eigenvalue weighted by molar-refractivity contribution is 5.74. The van der Waals surface area contributed by atoms with Crippen LogP contribution in [-0.2, 0) is 0 Å². The summed E-state index contributed by atoms with van der Waals surface area (Å²) < 4.78 is 35.9. The van der Waals surface area contributed by atoms with E-state index in [1.54, 1.807) is 0 Å². The number of hydrogen-bond acceptors (Lipinski definition) is 2. The van der Waals surface area contributed by atoms with Crippen LogP contribution < -0.4 is 16.4 Å². The van der Waals surface area contributed by atoms with Gasteiger partial charge in [0.2, 0.25) is 0 Å². The van der Waals surface area contributed by atoms with Gasteiger partial charge < -0.3 is 16.4 Å². The van der Waals surface area contributed by atoms with Crippen LogP contribution in [0.3, 0.4) is 0 Å². The molecule has 1 saturated carbocycles. The largest absolute Gasteiger partial charge is 0.405 e. The number of rotatable bonds is 3. The summed E-state index contributed by atoms with van der Waals surface area (Å²) in [7, 11) is 0. The maximum atomic E-state index is 12.0. The molecule has 0 aromatic carbocycles. The van der Waals surface area contributed by atoms with Gasteiger partial charge in [-0.15, -0.1) is 0 Å². The molecule has 0 aromatic rings. The summed E-state index contributed by atoms with van der Waals surface area (Å²) in [6.45, 7) is -1.06. The Morgan fingerprint density at radius 2 is 1.72 bits per heavy atom. The first-order valence-corrected chi connectivity index (χ1v) is 6.20. The van der Waals surface area contributed by atoms with E-state index in [2.05, 4.69) is 5.32 Å². The minimum absolute atomic E-state index is 0.256. The molecule has 7 heteroatoms. The Hall–Kier alpha value is -0.980. The van der Waals surface area contributed by atoms with E-state index in [9.17, 15) is 18.0 Å². The lowest BCUT2D eigenvalue weighted by molar-refractivity contribution is -0.122. The van der Waals surface area contributed by atoms with Crippen molar-refractivity contribution in [3.05, 3.63) is 0 Å². The van der Waals surface area contributed by atoms with Gasteiger partial charge in [-0.3, -0.25) is 0 Å². The van der Waals surface area contributed by atoms with Crippen molar-refractivity contribution in [1.29, 1.82) is 0 Å². The molecule has 0 atom stereocenters. The first-order valence-electron chi connectivity index (χ1n) is 6.20. The predicted octanol–water partition coefficient (Wildman–Crippen LogP) is 1.90. The molecule has 106 valence electrons. The Balaban J connectivity index is 2.48. The van der Waals surface area contributed by atoms with Gasteiger partial charge in [0, 0.05) is 6.54 Å². The zero-order chi connectivity index (χ0) is 13.6. The summed E-state index contributed by atoms with van der Waals surface area (Å²) in [5.74, 6) is 0. The third kappa shape index (κ3) is 5.12. The van der Waals surface area contributed by atoms with Crippen molar-refractivity contribution in [2.75, 3.05) is 13.1 Å². The number of alkyl halides is 3. The van der Waals surface area contributed by atoms with E-state index < -0.39 is 24.3 Å². The van der Waals surface area contributed by atoms with E-state index in [0.29, 0.717) is 0 Å². The van der Waals surface area contributed by atoms with Gasteiger partial charge in [0.1, 0.15) is 6.54 Å². The van der Waals surface area contributed by atoms with E-state index in [0.717, 1.165) is 38.5 Å². The molecule has 1 aliphatic carbocycles. The van der Waals surface area contributed by atoms with Gasteiger partial charge in [0.25, 0.3) is 0 Å². The standard InChI is InChI=1S/C11H20F3N3O/c12-11(13,14)8-16-9(18)17-10(7-15)5-3-1-2-4-6-10/h1-8,15H2,(H2,16,17,18).